The van der Waals surface area contributed by atoms with Gasteiger partial charge in [0.05, 0.1) is 6.67 Å². The van der Waals surface area contributed by atoms with E-state index in [0.29, 0.717) is 5.56 Å². The first-order valence-electron chi connectivity index (χ1n) is 4.18. The topological polar surface area (TPSA) is 20.2 Å². The maximum absolute atomic E-state index is 11.3. The number of hydrogen-bond donors (Lipinski definition) is 1. The van der Waals surface area contributed by atoms with E-state index in [0.717, 1.165) is 0 Å². The Bertz CT molecular complexity index is 272. The second-order valence-electron chi connectivity index (χ2n) is 2.35. The molecule has 0 fully saturated rings. The fraction of sp³-hybridized carbons (Fsp3) is 0.273. The van der Waals surface area contributed by atoms with Crippen LogP contribution >= 0.6 is 0 Å². The molecule has 3 heteroatoms. The van der Waals surface area contributed by atoms with Gasteiger partial charge in [-0.25, -0.2) is 0 Å². The van der Waals surface area contributed by atoms with Crippen LogP contribution < -0.4 is 0 Å². The molecule has 0 aliphatic rings. The molecule has 1 aromatic rings. The van der Waals surface area contributed by atoms with E-state index in [9.17, 15) is 8.78 Å². The Morgan fingerprint density at radius 1 is 1.21 bits per heavy atom. The van der Waals surface area contributed by atoms with Gasteiger partial charge in [0.25, 0.3) is 0 Å². The zero-order valence-electron chi connectivity index (χ0n) is 7.71. The molecule has 0 aliphatic carbocycles. The number of alkyl halides is 1. The van der Waals surface area contributed by atoms with E-state index in [1.165, 1.54) is 6.17 Å². The van der Waals surface area contributed by atoms with E-state index in [-0.39, 0.29) is 13.0 Å². The monoisotopic (exact) mass is 198 g/mol. The Labute approximate surface area is 82.4 Å². The van der Waals surface area contributed by atoms with Gasteiger partial charge >= 0.3 is 0 Å². The van der Waals surface area contributed by atoms with Gasteiger partial charge in [0, 0.05) is 12.2 Å². The normalized spacial score (nSPS) is 7.93. The molecular formula is C11H12F2O. The van der Waals surface area contributed by atoms with Gasteiger partial charge in [-0.3, -0.25) is 4.39 Å². The number of aliphatic hydroxyl groups is 1. The van der Waals surface area contributed by atoms with E-state index in [2.05, 4.69) is 5.92 Å². The van der Waals surface area contributed by atoms with Crippen molar-refractivity contribution in [3.05, 3.63) is 35.9 Å². The van der Waals surface area contributed by atoms with E-state index < -0.39 is 6.67 Å². The van der Waals surface area contributed by atoms with E-state index in [4.69, 9.17) is 5.11 Å². The summed E-state index contributed by atoms with van der Waals surface area (Å²) in [5.41, 5.74) is 0.708. The summed E-state index contributed by atoms with van der Waals surface area (Å²) < 4.78 is 22.2. The summed E-state index contributed by atoms with van der Waals surface area (Å²) in [5, 5.41) is 7.83. The molecule has 0 heterocycles. The third kappa shape index (κ3) is 7.26. The van der Waals surface area contributed by atoms with E-state index in [1.54, 1.807) is 12.1 Å². The molecule has 1 aromatic carbocycles. The molecule has 0 aliphatic heterocycles. The zero-order valence-corrected chi connectivity index (χ0v) is 7.71. The molecule has 0 spiro atoms. The van der Waals surface area contributed by atoms with Crippen molar-refractivity contribution in [3.63, 3.8) is 0 Å². The van der Waals surface area contributed by atoms with Crippen molar-refractivity contribution < 1.29 is 13.9 Å². The molecule has 76 valence electrons. The van der Waals surface area contributed by atoms with Gasteiger partial charge < -0.3 is 5.11 Å². The molecule has 0 unspecified atom stereocenters. The van der Waals surface area contributed by atoms with Gasteiger partial charge in [0.15, 0.2) is 0 Å². The number of hydrogen-bond acceptors (Lipinski definition) is 1. The van der Waals surface area contributed by atoms with Gasteiger partial charge in [-0.15, -0.1) is 4.39 Å². The molecule has 1 rings (SSSR count). The predicted octanol–water partition coefficient (Wildman–Crippen LogP) is 2.30. The highest BCUT2D eigenvalue weighted by molar-refractivity contribution is 5.31. The summed E-state index contributed by atoms with van der Waals surface area (Å²) >= 11 is 0. The van der Waals surface area contributed by atoms with E-state index in [1.807, 2.05) is 18.2 Å². The third-order valence-corrected chi connectivity index (χ3v) is 1.26. The highest BCUT2D eigenvalue weighted by Crippen LogP contribution is 1.93. The second kappa shape index (κ2) is 9.69. The molecule has 0 radical (unpaired) electrons. The quantitative estimate of drug-likeness (QED) is 0.723. The van der Waals surface area contributed by atoms with Crippen molar-refractivity contribution in [2.75, 3.05) is 13.3 Å². The molecular weight excluding hydrogens is 186 g/mol. The summed E-state index contributed by atoms with van der Waals surface area (Å²) in [6, 6.07) is 9.02. The first kappa shape index (κ1) is 12.6. The van der Waals surface area contributed by atoms with Crippen molar-refractivity contribution in [1.29, 1.82) is 0 Å². The summed E-state index contributed by atoms with van der Waals surface area (Å²) in [7, 11) is 0. The van der Waals surface area contributed by atoms with Crippen molar-refractivity contribution in [1.82, 2.24) is 0 Å². The Morgan fingerprint density at radius 3 is 2.21 bits per heavy atom. The summed E-state index contributed by atoms with van der Waals surface area (Å²) in [4.78, 5) is 0. The van der Waals surface area contributed by atoms with Crippen molar-refractivity contribution >= 4 is 0 Å². The van der Waals surface area contributed by atoms with Crippen LogP contribution in [0.15, 0.2) is 30.3 Å². The van der Waals surface area contributed by atoms with Crippen LogP contribution in [-0.2, 0) is 0 Å². The van der Waals surface area contributed by atoms with Crippen LogP contribution in [-0.4, -0.2) is 18.4 Å². The number of rotatable bonds is 2. The van der Waals surface area contributed by atoms with Crippen LogP contribution in [0.3, 0.4) is 0 Å². The summed E-state index contributed by atoms with van der Waals surface area (Å²) in [6.45, 7) is -0.438. The highest BCUT2D eigenvalue weighted by atomic mass is 19.1. The van der Waals surface area contributed by atoms with Gasteiger partial charge in [0.1, 0.15) is 6.17 Å². The average Bonchev–Trinajstić information content (AvgIpc) is 2.22. The largest absolute Gasteiger partial charge is 0.396 e. The maximum Gasteiger partial charge on any atom is 0.111 e. The molecule has 1 nitrogen and oxygen atoms in total. The molecule has 0 saturated heterocycles. The Kier molecular flexibility index (Phi) is 8.72. The average molecular weight is 198 g/mol. The highest BCUT2D eigenvalue weighted by Gasteiger charge is 1.78. The minimum absolute atomic E-state index is 0.0312. The minimum Gasteiger partial charge on any atom is -0.396 e. The molecule has 0 saturated carbocycles. The lowest BCUT2D eigenvalue weighted by Gasteiger charge is -1.82. The summed E-state index contributed by atoms with van der Waals surface area (Å²) in [5.74, 6) is 2.29. The Balaban J connectivity index is 0.000000292. The fourth-order valence-electron chi connectivity index (χ4n) is 0.636. The van der Waals surface area contributed by atoms with Gasteiger partial charge in [0.2, 0.25) is 0 Å². The van der Waals surface area contributed by atoms with Crippen LogP contribution in [0.25, 0.3) is 0 Å². The van der Waals surface area contributed by atoms with Gasteiger partial charge in [-0.1, -0.05) is 18.2 Å². The number of aliphatic hydroxyl groups excluding tert-OH is 1. The SMILES string of the molecule is FC#Cc1ccccc1.OCCCF. The smallest absolute Gasteiger partial charge is 0.111 e. The lowest BCUT2D eigenvalue weighted by Crippen LogP contribution is -1.80. The molecule has 0 amide bonds. The molecule has 1 N–H and O–H groups in total. The van der Waals surface area contributed by atoms with Crippen LogP contribution in [0.1, 0.15) is 12.0 Å². The molecule has 0 bridgehead atoms. The fourth-order valence-corrected chi connectivity index (χ4v) is 0.636. The minimum atomic E-state index is -0.406. The van der Waals surface area contributed by atoms with Gasteiger partial charge in [-0.2, -0.15) is 0 Å². The summed E-state index contributed by atoms with van der Waals surface area (Å²) in [6.07, 6.45) is 1.61. The third-order valence-electron chi connectivity index (χ3n) is 1.26. The second-order valence-corrected chi connectivity index (χ2v) is 2.35. The molecule has 0 aromatic heterocycles. The lowest BCUT2D eigenvalue weighted by molar-refractivity contribution is 0.269. The maximum atomic E-state index is 11.3. The van der Waals surface area contributed by atoms with Crippen molar-refractivity contribution in [3.8, 4) is 12.1 Å². The van der Waals surface area contributed by atoms with Gasteiger partial charge in [-0.05, 0) is 24.5 Å². The van der Waals surface area contributed by atoms with E-state index >= 15 is 0 Å². The zero-order chi connectivity index (χ0) is 10.6. The van der Waals surface area contributed by atoms with Crippen molar-refractivity contribution in [2.45, 2.75) is 6.42 Å². The molecule has 0 atom stereocenters. The van der Waals surface area contributed by atoms with Crippen LogP contribution in [0.5, 0.6) is 0 Å². The van der Waals surface area contributed by atoms with Crippen LogP contribution in [0.4, 0.5) is 8.78 Å². The van der Waals surface area contributed by atoms with Crippen molar-refractivity contribution in [2.24, 2.45) is 0 Å². The molecule has 14 heavy (non-hydrogen) atoms. The standard InChI is InChI=1S/C8H5F.C3H7FO/c9-7-6-8-4-2-1-3-5-8;4-2-1-3-5/h1-5H;5H,1-3H2. The van der Waals surface area contributed by atoms with Crippen LogP contribution in [0, 0.1) is 12.1 Å². The predicted molar refractivity (Wildman–Crippen MR) is 52.1 cm³/mol. The Hall–Kier alpha value is -1.40. The number of benzene rings is 1. The number of halogens is 2. The first-order valence-corrected chi connectivity index (χ1v) is 4.18. The lowest BCUT2D eigenvalue weighted by atomic mass is 10.2. The Morgan fingerprint density at radius 2 is 1.86 bits per heavy atom. The first-order chi connectivity index (χ1) is 6.85. The van der Waals surface area contributed by atoms with Crippen LogP contribution in [0.2, 0.25) is 0 Å².